The van der Waals surface area contributed by atoms with Crippen LogP contribution in [0.3, 0.4) is 0 Å². The van der Waals surface area contributed by atoms with Crippen LogP contribution in [0.15, 0.2) is 53.6 Å². The molecule has 1 N–H and O–H groups in total. The van der Waals surface area contributed by atoms with Gasteiger partial charge in [0.15, 0.2) is 17.3 Å². The standard InChI is InChI=1S/C20H22N4O2S/c1-3-7-19-22-23-20(27)24(19)21-13-16-10-11-17(18(12-16)25-2)26-14-15-8-5-4-6-9-15/h4-6,8-13H,3,7,14H2,1-2H3,(H,23,27)/b21-13+. The number of aromatic nitrogens is 3. The summed E-state index contributed by atoms with van der Waals surface area (Å²) in [7, 11) is 1.62. The first kappa shape index (κ1) is 18.8. The van der Waals surface area contributed by atoms with Crippen molar-refractivity contribution in [1.29, 1.82) is 0 Å². The molecule has 0 saturated heterocycles. The van der Waals surface area contributed by atoms with Gasteiger partial charge in [-0.2, -0.15) is 14.9 Å². The molecule has 1 aromatic heterocycles. The Bertz CT molecular complexity index is 964. The zero-order valence-electron chi connectivity index (χ0n) is 15.4. The molecule has 3 aromatic rings. The van der Waals surface area contributed by atoms with Crippen molar-refractivity contribution in [2.24, 2.45) is 5.10 Å². The smallest absolute Gasteiger partial charge is 0.216 e. The first-order valence-electron chi connectivity index (χ1n) is 8.76. The molecule has 7 heteroatoms. The predicted molar refractivity (Wildman–Crippen MR) is 108 cm³/mol. The molecule has 0 fully saturated rings. The van der Waals surface area contributed by atoms with E-state index in [2.05, 4.69) is 22.2 Å². The second-order valence-electron chi connectivity index (χ2n) is 5.94. The molecule has 0 aliphatic rings. The Morgan fingerprint density at radius 1 is 1.19 bits per heavy atom. The van der Waals surface area contributed by atoms with Crippen molar-refractivity contribution in [1.82, 2.24) is 14.9 Å². The number of nitrogens with one attached hydrogen (secondary N) is 1. The molecule has 140 valence electrons. The number of hydrogen-bond acceptors (Lipinski definition) is 5. The number of rotatable bonds is 8. The van der Waals surface area contributed by atoms with E-state index in [-0.39, 0.29) is 0 Å². The summed E-state index contributed by atoms with van der Waals surface area (Å²) in [4.78, 5) is 0. The molecule has 0 bridgehead atoms. The molecule has 0 aliphatic heterocycles. The summed E-state index contributed by atoms with van der Waals surface area (Å²) in [5.41, 5.74) is 1.98. The molecular weight excluding hydrogens is 360 g/mol. The molecule has 0 spiro atoms. The number of aromatic amines is 1. The Balaban J connectivity index is 1.76. The van der Waals surface area contributed by atoms with Gasteiger partial charge in [0, 0.05) is 6.42 Å². The van der Waals surface area contributed by atoms with Crippen LogP contribution in [-0.2, 0) is 13.0 Å². The van der Waals surface area contributed by atoms with Gasteiger partial charge in [-0.05, 0) is 48.0 Å². The minimum atomic E-state index is 0.476. The summed E-state index contributed by atoms with van der Waals surface area (Å²) >= 11 is 5.24. The van der Waals surface area contributed by atoms with Crippen LogP contribution in [0.25, 0.3) is 0 Å². The molecule has 0 saturated carbocycles. The van der Waals surface area contributed by atoms with Gasteiger partial charge in [0.1, 0.15) is 6.61 Å². The van der Waals surface area contributed by atoms with Crippen LogP contribution in [0.5, 0.6) is 11.5 Å². The van der Waals surface area contributed by atoms with Crippen molar-refractivity contribution in [3.63, 3.8) is 0 Å². The molecule has 2 aromatic carbocycles. The molecule has 0 amide bonds. The van der Waals surface area contributed by atoms with Gasteiger partial charge in [0.25, 0.3) is 0 Å². The number of benzene rings is 2. The lowest BCUT2D eigenvalue weighted by Crippen LogP contribution is -2.00. The van der Waals surface area contributed by atoms with E-state index in [1.807, 2.05) is 48.5 Å². The van der Waals surface area contributed by atoms with Crippen molar-refractivity contribution in [3.8, 4) is 11.5 Å². The van der Waals surface area contributed by atoms with Gasteiger partial charge >= 0.3 is 0 Å². The maximum absolute atomic E-state index is 5.88. The first-order valence-corrected chi connectivity index (χ1v) is 9.17. The van der Waals surface area contributed by atoms with E-state index in [0.29, 0.717) is 22.9 Å². The molecule has 0 radical (unpaired) electrons. The summed E-state index contributed by atoms with van der Waals surface area (Å²) in [6.07, 6.45) is 3.50. The van der Waals surface area contributed by atoms with Gasteiger partial charge in [-0.15, -0.1) is 0 Å². The Kier molecular flexibility index (Phi) is 6.38. The van der Waals surface area contributed by atoms with Crippen molar-refractivity contribution < 1.29 is 9.47 Å². The highest BCUT2D eigenvalue weighted by atomic mass is 32.1. The van der Waals surface area contributed by atoms with Crippen LogP contribution in [0.2, 0.25) is 0 Å². The number of nitrogens with zero attached hydrogens (tertiary/aromatic N) is 3. The van der Waals surface area contributed by atoms with Crippen molar-refractivity contribution >= 4 is 18.4 Å². The summed E-state index contributed by atoms with van der Waals surface area (Å²) in [6.45, 7) is 2.57. The lowest BCUT2D eigenvalue weighted by atomic mass is 10.2. The topological polar surface area (TPSA) is 64.4 Å². The van der Waals surface area contributed by atoms with Crippen molar-refractivity contribution in [2.75, 3.05) is 7.11 Å². The summed E-state index contributed by atoms with van der Waals surface area (Å²) in [6, 6.07) is 15.7. The van der Waals surface area contributed by atoms with Crippen LogP contribution < -0.4 is 9.47 Å². The summed E-state index contributed by atoms with van der Waals surface area (Å²) in [5, 5.41) is 11.4. The highest BCUT2D eigenvalue weighted by molar-refractivity contribution is 7.71. The fourth-order valence-corrected chi connectivity index (χ4v) is 2.77. The Hall–Kier alpha value is -2.93. The third kappa shape index (κ3) is 4.83. The largest absolute Gasteiger partial charge is 0.493 e. The van der Waals surface area contributed by atoms with E-state index in [9.17, 15) is 0 Å². The fourth-order valence-electron chi connectivity index (χ4n) is 2.57. The van der Waals surface area contributed by atoms with Crippen LogP contribution in [0.1, 0.15) is 30.3 Å². The van der Waals surface area contributed by atoms with Crippen molar-refractivity contribution in [2.45, 2.75) is 26.4 Å². The molecular formula is C20H22N4O2S. The van der Waals surface area contributed by atoms with Gasteiger partial charge < -0.3 is 9.47 Å². The van der Waals surface area contributed by atoms with Crippen LogP contribution in [0.4, 0.5) is 0 Å². The third-order valence-electron chi connectivity index (χ3n) is 3.94. The van der Waals surface area contributed by atoms with E-state index < -0.39 is 0 Å². The molecule has 1 heterocycles. The number of hydrogen-bond donors (Lipinski definition) is 1. The predicted octanol–water partition coefficient (Wildman–Crippen LogP) is 4.36. The quantitative estimate of drug-likeness (QED) is 0.464. The summed E-state index contributed by atoms with van der Waals surface area (Å²) < 4.78 is 13.5. The lowest BCUT2D eigenvalue weighted by Gasteiger charge is -2.11. The Morgan fingerprint density at radius 3 is 2.74 bits per heavy atom. The van der Waals surface area contributed by atoms with E-state index in [0.717, 1.165) is 29.8 Å². The zero-order chi connectivity index (χ0) is 19.1. The fraction of sp³-hybridized carbons (Fsp3) is 0.250. The van der Waals surface area contributed by atoms with Crippen molar-refractivity contribution in [3.05, 3.63) is 70.3 Å². The molecule has 3 rings (SSSR count). The highest BCUT2D eigenvalue weighted by Gasteiger charge is 2.07. The van der Waals surface area contributed by atoms with Gasteiger partial charge in [-0.25, -0.2) is 0 Å². The van der Waals surface area contributed by atoms with Gasteiger partial charge in [0.2, 0.25) is 4.77 Å². The number of aryl methyl sites for hydroxylation is 1. The normalized spacial score (nSPS) is 11.0. The zero-order valence-corrected chi connectivity index (χ0v) is 16.2. The Morgan fingerprint density at radius 2 is 2.00 bits per heavy atom. The maximum Gasteiger partial charge on any atom is 0.216 e. The van der Waals surface area contributed by atoms with E-state index in [1.54, 1.807) is 18.0 Å². The monoisotopic (exact) mass is 382 g/mol. The molecule has 0 unspecified atom stereocenters. The van der Waals surface area contributed by atoms with E-state index >= 15 is 0 Å². The van der Waals surface area contributed by atoms with E-state index in [1.165, 1.54) is 0 Å². The van der Waals surface area contributed by atoms with Crippen LogP contribution >= 0.6 is 12.2 Å². The van der Waals surface area contributed by atoms with Crippen LogP contribution in [0, 0.1) is 4.77 Å². The molecule has 27 heavy (non-hydrogen) atoms. The maximum atomic E-state index is 5.88. The van der Waals surface area contributed by atoms with Crippen LogP contribution in [-0.4, -0.2) is 28.2 Å². The van der Waals surface area contributed by atoms with Gasteiger partial charge in [-0.3, -0.25) is 5.10 Å². The Labute approximate surface area is 163 Å². The van der Waals surface area contributed by atoms with E-state index in [4.69, 9.17) is 21.7 Å². The third-order valence-corrected chi connectivity index (χ3v) is 4.20. The average molecular weight is 382 g/mol. The highest BCUT2D eigenvalue weighted by Crippen LogP contribution is 2.28. The second-order valence-corrected chi connectivity index (χ2v) is 6.32. The molecule has 6 nitrogen and oxygen atoms in total. The average Bonchev–Trinajstić information content (AvgIpc) is 3.05. The SMILES string of the molecule is CCCc1n[nH]c(=S)n1/N=C/c1ccc(OCc2ccccc2)c(OC)c1. The molecule has 0 atom stereocenters. The lowest BCUT2D eigenvalue weighted by molar-refractivity contribution is 0.284. The minimum absolute atomic E-state index is 0.476. The number of methoxy groups -OCH3 is 1. The minimum Gasteiger partial charge on any atom is -0.493 e. The van der Waals surface area contributed by atoms with Gasteiger partial charge in [0.05, 0.1) is 13.3 Å². The van der Waals surface area contributed by atoms with Gasteiger partial charge in [-0.1, -0.05) is 37.3 Å². The molecule has 0 aliphatic carbocycles. The summed E-state index contributed by atoms with van der Waals surface area (Å²) in [5.74, 6) is 2.15. The number of ether oxygens (including phenoxy) is 2. The number of H-pyrrole nitrogens is 1. The first-order chi connectivity index (χ1) is 13.2. The second kappa shape index (κ2) is 9.14.